The number of rotatable bonds is 1. The molecule has 1 aromatic carbocycles. The Balaban J connectivity index is 0.00000112. The van der Waals surface area contributed by atoms with Crippen molar-refractivity contribution in [1.82, 2.24) is 5.32 Å². The number of halogens is 2. The molecule has 1 N–H and O–H groups in total. The van der Waals surface area contributed by atoms with Gasteiger partial charge in [0.15, 0.2) is 0 Å². The van der Waals surface area contributed by atoms with Crippen LogP contribution in [0.4, 0.5) is 4.39 Å². The molecule has 15 heavy (non-hydrogen) atoms. The molecule has 1 heterocycles. The van der Waals surface area contributed by atoms with Crippen LogP contribution in [0.25, 0.3) is 0 Å². The van der Waals surface area contributed by atoms with E-state index in [1.165, 1.54) is 24.8 Å². The molecule has 0 aliphatic carbocycles. The van der Waals surface area contributed by atoms with Crippen LogP contribution in [0.2, 0.25) is 0 Å². The Morgan fingerprint density at radius 3 is 2.53 bits per heavy atom. The minimum Gasteiger partial charge on any atom is -0.317 e. The molecule has 84 valence electrons. The quantitative estimate of drug-likeness (QED) is 0.781. The first-order valence-electron chi connectivity index (χ1n) is 5.32. The van der Waals surface area contributed by atoms with Gasteiger partial charge in [0.05, 0.1) is 0 Å². The average Bonchev–Trinajstić information content (AvgIpc) is 2.47. The van der Waals surface area contributed by atoms with Gasteiger partial charge in [-0.2, -0.15) is 0 Å². The van der Waals surface area contributed by atoms with Gasteiger partial charge in [0.2, 0.25) is 0 Å². The summed E-state index contributed by atoms with van der Waals surface area (Å²) in [4.78, 5) is 0. The molecule has 2 rings (SSSR count). The molecule has 0 spiro atoms. The van der Waals surface area contributed by atoms with Crippen LogP contribution in [0.3, 0.4) is 0 Å². The second-order valence-corrected chi connectivity index (χ2v) is 3.93. The Kier molecular flexibility index (Phi) is 5.06. The third kappa shape index (κ3) is 3.47. The molecule has 1 nitrogen and oxygen atoms in total. The predicted octanol–water partition coefficient (Wildman–Crippen LogP) is 3.10. The maximum atomic E-state index is 12.7. The van der Waals surface area contributed by atoms with Gasteiger partial charge in [-0.1, -0.05) is 12.1 Å². The zero-order chi connectivity index (χ0) is 9.80. The van der Waals surface area contributed by atoms with Crippen LogP contribution < -0.4 is 5.32 Å². The molecule has 0 saturated carbocycles. The van der Waals surface area contributed by atoms with Crippen LogP contribution in [-0.2, 0) is 0 Å². The van der Waals surface area contributed by atoms with Crippen molar-refractivity contribution in [2.45, 2.75) is 25.2 Å². The maximum Gasteiger partial charge on any atom is 0.123 e. The molecule has 0 bridgehead atoms. The first-order chi connectivity index (χ1) is 6.86. The van der Waals surface area contributed by atoms with Gasteiger partial charge in [-0.05, 0) is 56.0 Å². The number of hydrogen-bond acceptors (Lipinski definition) is 1. The highest BCUT2D eigenvalue weighted by Gasteiger charge is 2.13. The predicted molar refractivity (Wildman–Crippen MR) is 63.1 cm³/mol. The van der Waals surface area contributed by atoms with Crippen LogP contribution in [0.15, 0.2) is 24.3 Å². The van der Waals surface area contributed by atoms with Crippen LogP contribution in [0.1, 0.15) is 30.7 Å². The number of hydrogen-bond donors (Lipinski definition) is 1. The van der Waals surface area contributed by atoms with Crippen LogP contribution in [-0.4, -0.2) is 13.1 Å². The molecule has 1 saturated heterocycles. The molecule has 0 aromatic heterocycles. The smallest absolute Gasteiger partial charge is 0.123 e. The lowest BCUT2D eigenvalue weighted by Gasteiger charge is -2.13. The summed E-state index contributed by atoms with van der Waals surface area (Å²) in [6.07, 6.45) is 3.62. The summed E-state index contributed by atoms with van der Waals surface area (Å²) in [5, 5.41) is 3.38. The molecular formula is C12H17ClFN. The van der Waals surface area contributed by atoms with Crippen molar-refractivity contribution in [2.75, 3.05) is 13.1 Å². The summed E-state index contributed by atoms with van der Waals surface area (Å²) in [5.74, 6) is 0.478. The number of benzene rings is 1. The third-order valence-corrected chi connectivity index (χ3v) is 2.92. The topological polar surface area (TPSA) is 12.0 Å². The lowest BCUT2D eigenvalue weighted by atomic mass is 9.92. The molecule has 1 unspecified atom stereocenters. The SMILES string of the molecule is Cl.Fc1ccc(C2CCCNCC2)cc1. The molecule has 1 aromatic rings. The largest absolute Gasteiger partial charge is 0.317 e. The van der Waals surface area contributed by atoms with Gasteiger partial charge in [-0.3, -0.25) is 0 Å². The summed E-state index contributed by atoms with van der Waals surface area (Å²) < 4.78 is 12.7. The molecule has 1 aliphatic rings. The molecule has 1 fully saturated rings. The van der Waals surface area contributed by atoms with Gasteiger partial charge in [0.25, 0.3) is 0 Å². The van der Waals surface area contributed by atoms with Crippen molar-refractivity contribution >= 4 is 12.4 Å². The molecule has 3 heteroatoms. The Morgan fingerprint density at radius 1 is 1.07 bits per heavy atom. The minimum atomic E-state index is -0.138. The van der Waals surface area contributed by atoms with Crippen molar-refractivity contribution in [3.63, 3.8) is 0 Å². The Labute approximate surface area is 96.5 Å². The van der Waals surface area contributed by atoms with Gasteiger partial charge in [0.1, 0.15) is 5.82 Å². The van der Waals surface area contributed by atoms with Gasteiger partial charge in [-0.25, -0.2) is 4.39 Å². The number of nitrogens with one attached hydrogen (secondary N) is 1. The Bertz CT molecular complexity index is 278. The van der Waals surface area contributed by atoms with E-state index in [2.05, 4.69) is 5.32 Å². The molecule has 1 atom stereocenters. The van der Waals surface area contributed by atoms with E-state index in [-0.39, 0.29) is 18.2 Å². The van der Waals surface area contributed by atoms with Gasteiger partial charge in [-0.15, -0.1) is 12.4 Å². The van der Waals surface area contributed by atoms with Crippen molar-refractivity contribution in [3.8, 4) is 0 Å². The fraction of sp³-hybridized carbons (Fsp3) is 0.500. The van der Waals surface area contributed by atoms with Crippen LogP contribution in [0, 0.1) is 5.82 Å². The monoisotopic (exact) mass is 229 g/mol. The normalized spacial score (nSPS) is 21.5. The van der Waals surface area contributed by atoms with E-state index in [0.717, 1.165) is 13.1 Å². The highest BCUT2D eigenvalue weighted by atomic mass is 35.5. The summed E-state index contributed by atoms with van der Waals surface area (Å²) >= 11 is 0. The molecule has 0 amide bonds. The van der Waals surface area contributed by atoms with Gasteiger partial charge >= 0.3 is 0 Å². The lowest BCUT2D eigenvalue weighted by molar-refractivity contribution is 0.600. The summed E-state index contributed by atoms with van der Waals surface area (Å²) in [6, 6.07) is 6.97. The van der Waals surface area contributed by atoms with Crippen molar-refractivity contribution < 1.29 is 4.39 Å². The van der Waals surface area contributed by atoms with Crippen molar-refractivity contribution in [3.05, 3.63) is 35.6 Å². The van der Waals surface area contributed by atoms with Gasteiger partial charge < -0.3 is 5.32 Å². The van der Waals surface area contributed by atoms with E-state index in [4.69, 9.17) is 0 Å². The lowest BCUT2D eigenvalue weighted by Crippen LogP contribution is -2.13. The van der Waals surface area contributed by atoms with E-state index in [9.17, 15) is 4.39 Å². The highest BCUT2D eigenvalue weighted by molar-refractivity contribution is 5.85. The summed E-state index contributed by atoms with van der Waals surface area (Å²) in [5.41, 5.74) is 1.29. The standard InChI is InChI=1S/C12H16FN.ClH/c13-12-5-3-11(4-6-12)10-2-1-8-14-9-7-10;/h3-6,10,14H,1-2,7-9H2;1H. The van der Waals surface area contributed by atoms with E-state index in [1.54, 1.807) is 12.1 Å². The highest BCUT2D eigenvalue weighted by Crippen LogP contribution is 2.25. The van der Waals surface area contributed by atoms with E-state index < -0.39 is 0 Å². The Hall–Kier alpha value is -0.600. The van der Waals surface area contributed by atoms with Crippen molar-refractivity contribution in [2.24, 2.45) is 0 Å². The Morgan fingerprint density at radius 2 is 1.80 bits per heavy atom. The summed E-state index contributed by atoms with van der Waals surface area (Å²) in [7, 11) is 0. The first-order valence-corrected chi connectivity index (χ1v) is 5.32. The molecular weight excluding hydrogens is 213 g/mol. The van der Waals surface area contributed by atoms with Crippen molar-refractivity contribution in [1.29, 1.82) is 0 Å². The summed E-state index contributed by atoms with van der Waals surface area (Å²) in [6.45, 7) is 2.21. The van der Waals surface area contributed by atoms with Gasteiger partial charge in [0, 0.05) is 0 Å². The fourth-order valence-corrected chi connectivity index (χ4v) is 2.09. The van der Waals surface area contributed by atoms with Crippen LogP contribution >= 0.6 is 12.4 Å². The zero-order valence-corrected chi connectivity index (χ0v) is 9.52. The molecule has 0 radical (unpaired) electrons. The second kappa shape index (κ2) is 6.09. The third-order valence-electron chi connectivity index (χ3n) is 2.92. The maximum absolute atomic E-state index is 12.7. The van der Waals surface area contributed by atoms with Crippen LogP contribution in [0.5, 0.6) is 0 Å². The molecule has 1 aliphatic heterocycles. The first kappa shape index (κ1) is 12.5. The minimum absolute atomic E-state index is 0. The zero-order valence-electron chi connectivity index (χ0n) is 8.71. The second-order valence-electron chi connectivity index (χ2n) is 3.93. The fourth-order valence-electron chi connectivity index (χ4n) is 2.09. The van der Waals surface area contributed by atoms with E-state index >= 15 is 0 Å². The average molecular weight is 230 g/mol. The van der Waals surface area contributed by atoms with E-state index in [0.29, 0.717) is 5.92 Å². The van der Waals surface area contributed by atoms with E-state index in [1.807, 2.05) is 12.1 Å².